The van der Waals surface area contributed by atoms with Crippen LogP contribution in [0.3, 0.4) is 0 Å². The van der Waals surface area contributed by atoms with E-state index in [1.165, 1.54) is 0 Å². The minimum Gasteiger partial charge on any atom is -0.481 e. The zero-order valence-electron chi connectivity index (χ0n) is 12.6. The lowest BCUT2D eigenvalue weighted by atomic mass is 9.97. The Kier molecular flexibility index (Phi) is 5.73. The topological polar surface area (TPSA) is 59.0 Å². The highest BCUT2D eigenvalue weighted by Gasteiger charge is 2.40. The van der Waals surface area contributed by atoms with Gasteiger partial charge in [-0.1, -0.05) is 37.3 Å². The van der Waals surface area contributed by atoms with Gasteiger partial charge in [0.25, 0.3) is 0 Å². The highest BCUT2D eigenvalue weighted by molar-refractivity contribution is 5.71. The van der Waals surface area contributed by atoms with Crippen molar-refractivity contribution in [1.82, 2.24) is 4.90 Å². The van der Waals surface area contributed by atoms with Crippen molar-refractivity contribution in [3.05, 3.63) is 35.9 Å². The van der Waals surface area contributed by atoms with E-state index in [0.29, 0.717) is 13.2 Å². The zero-order chi connectivity index (χ0) is 15.2. The van der Waals surface area contributed by atoms with Gasteiger partial charge in [-0.2, -0.15) is 0 Å². The fourth-order valence-corrected chi connectivity index (χ4v) is 3.01. The Hall–Kier alpha value is -1.43. The first-order valence-corrected chi connectivity index (χ1v) is 7.29. The Bertz CT molecular complexity index is 451. The van der Waals surface area contributed by atoms with Gasteiger partial charge in [-0.15, -0.1) is 0 Å². The predicted molar refractivity (Wildman–Crippen MR) is 79.2 cm³/mol. The minimum atomic E-state index is -0.792. The molecule has 0 spiro atoms. The summed E-state index contributed by atoms with van der Waals surface area (Å²) >= 11 is 0. The largest absolute Gasteiger partial charge is 0.481 e. The van der Waals surface area contributed by atoms with Crippen LogP contribution in [0, 0.1) is 5.92 Å². The highest BCUT2D eigenvalue weighted by Crippen LogP contribution is 2.29. The average Bonchev–Trinajstić information content (AvgIpc) is 2.97. The first kappa shape index (κ1) is 15.9. The van der Waals surface area contributed by atoms with Crippen LogP contribution in [-0.4, -0.2) is 55.5 Å². The summed E-state index contributed by atoms with van der Waals surface area (Å²) in [6.07, 6.45) is 0. The summed E-state index contributed by atoms with van der Waals surface area (Å²) < 4.78 is 10.8. The van der Waals surface area contributed by atoms with E-state index in [0.717, 1.165) is 12.1 Å². The van der Waals surface area contributed by atoms with Crippen LogP contribution in [-0.2, 0) is 14.3 Å². The van der Waals surface area contributed by atoms with Gasteiger partial charge in [-0.3, -0.25) is 9.69 Å². The van der Waals surface area contributed by atoms with Crippen LogP contribution < -0.4 is 0 Å². The van der Waals surface area contributed by atoms with Crippen LogP contribution in [0.15, 0.2) is 30.3 Å². The molecular weight excluding hydrogens is 270 g/mol. The third-order valence-corrected chi connectivity index (χ3v) is 4.07. The second-order valence-corrected chi connectivity index (χ2v) is 5.26. The number of likely N-dealkylation sites (N-methyl/N-ethyl adjacent to an activating group) is 1. The first-order chi connectivity index (χ1) is 10.2. The van der Waals surface area contributed by atoms with Gasteiger partial charge < -0.3 is 14.6 Å². The molecule has 1 aromatic carbocycles. The number of carboxylic acids is 1. The molecule has 5 heteroatoms. The summed E-state index contributed by atoms with van der Waals surface area (Å²) in [5.41, 5.74) is 1.14. The molecule has 1 heterocycles. The second-order valence-electron chi connectivity index (χ2n) is 5.26. The zero-order valence-corrected chi connectivity index (χ0v) is 12.6. The molecule has 1 saturated heterocycles. The van der Waals surface area contributed by atoms with E-state index in [1.807, 2.05) is 25.1 Å². The number of carboxylic acid groups (broad SMARTS) is 1. The molecule has 5 nitrogen and oxygen atoms in total. The third kappa shape index (κ3) is 3.61. The van der Waals surface area contributed by atoms with E-state index in [1.54, 1.807) is 7.11 Å². The average molecular weight is 293 g/mol. The van der Waals surface area contributed by atoms with Gasteiger partial charge in [0.05, 0.1) is 31.8 Å². The summed E-state index contributed by atoms with van der Waals surface area (Å²) in [5.74, 6) is -1.27. The molecule has 0 bridgehead atoms. The molecule has 0 radical (unpaired) electrons. The van der Waals surface area contributed by atoms with Crippen molar-refractivity contribution < 1.29 is 19.4 Å². The van der Waals surface area contributed by atoms with Crippen LogP contribution >= 0.6 is 0 Å². The van der Waals surface area contributed by atoms with Crippen LogP contribution in [0.25, 0.3) is 0 Å². The fraction of sp³-hybridized carbons (Fsp3) is 0.562. The molecule has 0 aromatic heterocycles. The van der Waals surface area contributed by atoms with Gasteiger partial charge in [0.15, 0.2) is 0 Å². The molecule has 0 aliphatic carbocycles. The van der Waals surface area contributed by atoms with E-state index in [4.69, 9.17) is 9.47 Å². The predicted octanol–water partition coefficient (Wildman–Crippen LogP) is 1.80. The number of hydrogen-bond donors (Lipinski definition) is 1. The Labute approximate surface area is 125 Å². The van der Waals surface area contributed by atoms with E-state index in [9.17, 15) is 9.90 Å². The normalized spacial score (nSPS) is 23.4. The number of hydrogen-bond acceptors (Lipinski definition) is 4. The molecule has 1 aliphatic heterocycles. The molecule has 116 valence electrons. The first-order valence-electron chi connectivity index (χ1n) is 7.29. The number of benzene rings is 1. The van der Waals surface area contributed by atoms with Crippen molar-refractivity contribution >= 4 is 5.97 Å². The van der Waals surface area contributed by atoms with Crippen LogP contribution in [0.5, 0.6) is 0 Å². The number of methoxy groups -OCH3 is 1. The van der Waals surface area contributed by atoms with Crippen LogP contribution in [0.1, 0.15) is 18.5 Å². The van der Waals surface area contributed by atoms with Gasteiger partial charge in [-0.25, -0.2) is 0 Å². The fourth-order valence-electron chi connectivity index (χ4n) is 3.01. The number of nitrogens with zero attached hydrogens (tertiary/aromatic N) is 1. The van der Waals surface area contributed by atoms with Crippen LogP contribution in [0.4, 0.5) is 0 Å². The minimum absolute atomic E-state index is 0.0368. The maximum Gasteiger partial charge on any atom is 0.310 e. The molecule has 1 aromatic rings. The second kappa shape index (κ2) is 7.54. The van der Waals surface area contributed by atoms with Gasteiger partial charge in [0.2, 0.25) is 0 Å². The Morgan fingerprint density at radius 3 is 2.71 bits per heavy atom. The maximum absolute atomic E-state index is 11.4. The van der Waals surface area contributed by atoms with Gasteiger partial charge in [0, 0.05) is 13.2 Å². The standard InChI is InChI=1S/C16H23NO4/c1-3-17(15-11-21-9-13(15)16(18)19)14(10-20-2)12-7-5-4-6-8-12/h4-8,13-15H,3,9-11H2,1-2H3,(H,18,19). The monoisotopic (exact) mass is 293 g/mol. The summed E-state index contributed by atoms with van der Waals surface area (Å²) in [6, 6.07) is 9.98. The van der Waals surface area contributed by atoms with Crippen molar-refractivity contribution in [2.75, 3.05) is 33.5 Å². The van der Waals surface area contributed by atoms with Crippen molar-refractivity contribution in [1.29, 1.82) is 0 Å². The summed E-state index contributed by atoms with van der Waals surface area (Å²) in [6.45, 7) is 4.06. The Balaban J connectivity index is 2.25. The smallest absolute Gasteiger partial charge is 0.310 e. The summed E-state index contributed by atoms with van der Waals surface area (Å²) in [7, 11) is 1.67. The lowest BCUT2D eigenvalue weighted by Crippen LogP contribution is -2.46. The Morgan fingerprint density at radius 1 is 1.43 bits per heavy atom. The van der Waals surface area contributed by atoms with E-state index >= 15 is 0 Å². The number of ether oxygens (including phenoxy) is 2. The molecule has 0 saturated carbocycles. The molecule has 1 fully saturated rings. The van der Waals surface area contributed by atoms with Gasteiger partial charge in [-0.05, 0) is 12.1 Å². The Morgan fingerprint density at radius 2 is 2.14 bits per heavy atom. The maximum atomic E-state index is 11.4. The van der Waals surface area contributed by atoms with Crippen molar-refractivity contribution in [2.45, 2.75) is 19.0 Å². The molecule has 21 heavy (non-hydrogen) atoms. The quantitative estimate of drug-likeness (QED) is 0.830. The lowest BCUT2D eigenvalue weighted by molar-refractivity contribution is -0.143. The number of rotatable bonds is 7. The molecular formula is C16H23NO4. The molecule has 1 aliphatic rings. The molecule has 3 unspecified atom stereocenters. The lowest BCUT2D eigenvalue weighted by Gasteiger charge is -2.36. The van der Waals surface area contributed by atoms with E-state index < -0.39 is 11.9 Å². The van der Waals surface area contributed by atoms with Crippen molar-refractivity contribution in [2.24, 2.45) is 5.92 Å². The molecule has 1 N–H and O–H groups in total. The molecule has 0 amide bonds. The van der Waals surface area contributed by atoms with Crippen molar-refractivity contribution in [3.63, 3.8) is 0 Å². The third-order valence-electron chi connectivity index (χ3n) is 4.07. The highest BCUT2D eigenvalue weighted by atomic mass is 16.5. The van der Waals surface area contributed by atoms with Gasteiger partial charge in [0.1, 0.15) is 0 Å². The van der Waals surface area contributed by atoms with E-state index in [2.05, 4.69) is 17.0 Å². The molecule has 2 rings (SSSR count). The number of aliphatic carboxylic acids is 1. The SMILES string of the molecule is CCN(C(COC)c1ccccc1)C1COCC1C(=O)O. The van der Waals surface area contributed by atoms with Crippen molar-refractivity contribution in [3.8, 4) is 0 Å². The van der Waals surface area contributed by atoms with Crippen LogP contribution in [0.2, 0.25) is 0 Å². The summed E-state index contributed by atoms with van der Waals surface area (Å²) in [4.78, 5) is 13.6. The van der Waals surface area contributed by atoms with E-state index in [-0.39, 0.29) is 18.7 Å². The summed E-state index contributed by atoms with van der Waals surface area (Å²) in [5, 5.41) is 9.37. The van der Waals surface area contributed by atoms with Gasteiger partial charge >= 0.3 is 5.97 Å². The molecule has 3 atom stereocenters. The number of carbonyl (C=O) groups is 1.